The molecule has 244 valence electrons. The number of hydrogen-bond acceptors (Lipinski definition) is 10. The highest BCUT2D eigenvalue weighted by Gasteiger charge is 2.22. The molecule has 7 rings (SSSR count). The average molecular weight is 653 g/mol. The van der Waals surface area contributed by atoms with Gasteiger partial charge in [0.25, 0.3) is 0 Å². The van der Waals surface area contributed by atoms with E-state index in [9.17, 15) is 13.5 Å². The van der Waals surface area contributed by atoms with Crippen molar-refractivity contribution in [3.63, 3.8) is 0 Å². The van der Waals surface area contributed by atoms with Crippen molar-refractivity contribution < 1.29 is 18.3 Å². The van der Waals surface area contributed by atoms with Crippen LogP contribution in [0.5, 0.6) is 11.6 Å². The predicted octanol–water partition coefficient (Wildman–Crippen LogP) is 5.99. The Morgan fingerprint density at radius 1 is 0.830 bits per heavy atom. The first-order valence-electron chi connectivity index (χ1n) is 16.2. The Labute approximate surface area is 275 Å². The van der Waals surface area contributed by atoms with Gasteiger partial charge in [0.15, 0.2) is 9.84 Å². The lowest BCUT2D eigenvalue weighted by atomic mass is 10.0. The molecule has 2 saturated heterocycles. The molecule has 3 aromatic carbocycles. The van der Waals surface area contributed by atoms with Crippen LogP contribution in [0.15, 0.2) is 71.6 Å². The lowest BCUT2D eigenvalue weighted by Crippen LogP contribution is -2.20. The fourth-order valence-electron chi connectivity index (χ4n) is 6.71. The van der Waals surface area contributed by atoms with Crippen molar-refractivity contribution in [1.29, 1.82) is 0 Å². The molecule has 0 saturated carbocycles. The SMILES string of the molecule is COc1ccc2nc3cc(S(=O)(=O)Cc4ccc(N)cc4)ccc3c(Nc3cc(CN4CCCC4)c(O)c(CN4CCCC4)c3)c2n1. The first-order chi connectivity index (χ1) is 22.8. The quantitative estimate of drug-likeness (QED) is 0.0939. The molecule has 0 unspecified atom stereocenters. The van der Waals surface area contributed by atoms with Gasteiger partial charge in [0, 0.05) is 47.0 Å². The standard InChI is InChI=1S/C36H40N6O4S/c1-46-33-13-12-31-35(40-33)34(30-11-10-29(20-32(30)39-31)47(44,45)23-24-6-8-27(37)9-7-24)38-28-18-25(21-41-14-2-3-15-41)36(43)26(19-28)22-42-16-4-5-17-42/h6-13,18-20,43H,2-5,14-17,21-23,37H2,1H3,(H,38,39). The van der Waals surface area contributed by atoms with Crippen molar-refractivity contribution in [1.82, 2.24) is 19.8 Å². The van der Waals surface area contributed by atoms with Crippen molar-refractivity contribution in [2.75, 3.05) is 44.3 Å². The monoisotopic (exact) mass is 652 g/mol. The molecule has 2 aliphatic heterocycles. The number of phenolic OH excluding ortho intramolecular Hbond substituents is 1. The van der Waals surface area contributed by atoms with Crippen LogP contribution in [0.25, 0.3) is 21.9 Å². The summed E-state index contributed by atoms with van der Waals surface area (Å²) in [6.45, 7) is 5.43. The Bertz CT molecular complexity index is 2000. The molecule has 47 heavy (non-hydrogen) atoms. The number of nitrogen functional groups attached to an aromatic ring is 1. The van der Waals surface area contributed by atoms with Crippen LogP contribution in [0.1, 0.15) is 42.4 Å². The summed E-state index contributed by atoms with van der Waals surface area (Å²) in [4.78, 5) is 14.6. The lowest BCUT2D eigenvalue weighted by molar-refractivity contribution is 0.312. The van der Waals surface area contributed by atoms with Crippen LogP contribution in [0.3, 0.4) is 0 Å². The molecule has 0 bridgehead atoms. The molecule has 2 aliphatic rings. The van der Waals surface area contributed by atoms with Gasteiger partial charge < -0.3 is 20.9 Å². The fraction of sp³-hybridized carbons (Fsp3) is 0.333. The summed E-state index contributed by atoms with van der Waals surface area (Å²) in [5, 5.41) is 15.8. The van der Waals surface area contributed by atoms with Crippen molar-refractivity contribution in [3.05, 3.63) is 83.4 Å². The maximum Gasteiger partial charge on any atom is 0.213 e. The van der Waals surface area contributed by atoms with Gasteiger partial charge in [0.1, 0.15) is 11.3 Å². The number of nitrogens with two attached hydrogens (primary N) is 1. The van der Waals surface area contributed by atoms with E-state index in [1.165, 1.54) is 25.7 Å². The van der Waals surface area contributed by atoms with E-state index in [1.807, 2.05) is 18.2 Å². The van der Waals surface area contributed by atoms with Crippen LogP contribution >= 0.6 is 0 Å². The third-order valence-corrected chi connectivity index (χ3v) is 10.9. The number of aromatic hydroxyl groups is 1. The van der Waals surface area contributed by atoms with Gasteiger partial charge in [0.05, 0.1) is 34.5 Å². The highest BCUT2D eigenvalue weighted by molar-refractivity contribution is 7.90. The highest BCUT2D eigenvalue weighted by atomic mass is 32.2. The van der Waals surface area contributed by atoms with Gasteiger partial charge >= 0.3 is 0 Å². The third kappa shape index (κ3) is 6.69. The van der Waals surface area contributed by atoms with E-state index in [2.05, 4.69) is 15.1 Å². The number of rotatable bonds is 10. The summed E-state index contributed by atoms with van der Waals surface area (Å²) in [6, 6.07) is 19.5. The first kappa shape index (κ1) is 31.2. The minimum absolute atomic E-state index is 0.149. The first-order valence-corrected chi connectivity index (χ1v) is 17.8. The summed E-state index contributed by atoms with van der Waals surface area (Å²) in [7, 11) is -2.09. The maximum atomic E-state index is 13.5. The molecule has 11 heteroatoms. The number of pyridine rings is 2. The number of hydrogen-bond donors (Lipinski definition) is 3. The highest BCUT2D eigenvalue weighted by Crippen LogP contribution is 2.37. The minimum Gasteiger partial charge on any atom is -0.507 e. The molecule has 2 aromatic heterocycles. The van der Waals surface area contributed by atoms with Crippen LogP contribution < -0.4 is 15.8 Å². The van der Waals surface area contributed by atoms with Gasteiger partial charge in [-0.3, -0.25) is 9.80 Å². The normalized spacial score (nSPS) is 15.9. The molecule has 2 fully saturated rings. The molecule has 4 heterocycles. The Kier molecular flexibility index (Phi) is 8.61. The number of likely N-dealkylation sites (tertiary alicyclic amines) is 2. The van der Waals surface area contributed by atoms with E-state index in [0.717, 1.165) is 48.4 Å². The second-order valence-corrected chi connectivity index (χ2v) is 14.6. The number of sulfone groups is 1. The molecule has 0 radical (unpaired) electrons. The van der Waals surface area contributed by atoms with Crippen molar-refractivity contribution in [2.24, 2.45) is 0 Å². The molecular formula is C36H40N6O4S. The molecule has 0 aliphatic carbocycles. The molecule has 0 atom stereocenters. The van der Waals surface area contributed by atoms with Crippen LogP contribution in [0.4, 0.5) is 17.1 Å². The predicted molar refractivity (Wildman–Crippen MR) is 186 cm³/mol. The van der Waals surface area contributed by atoms with Gasteiger partial charge in [-0.05, 0) is 106 Å². The van der Waals surface area contributed by atoms with E-state index in [-0.39, 0.29) is 10.6 Å². The molecule has 5 aromatic rings. The van der Waals surface area contributed by atoms with Gasteiger partial charge in [0.2, 0.25) is 5.88 Å². The number of fused-ring (bicyclic) bond motifs is 2. The summed E-state index contributed by atoms with van der Waals surface area (Å²) < 4.78 is 32.5. The van der Waals surface area contributed by atoms with Gasteiger partial charge in [-0.15, -0.1) is 0 Å². The van der Waals surface area contributed by atoms with E-state index in [0.29, 0.717) is 58.2 Å². The van der Waals surface area contributed by atoms with E-state index >= 15 is 0 Å². The average Bonchev–Trinajstić information content (AvgIpc) is 3.78. The van der Waals surface area contributed by atoms with Gasteiger partial charge in [-0.25, -0.2) is 18.4 Å². The van der Waals surface area contributed by atoms with Crippen LogP contribution in [0.2, 0.25) is 0 Å². The third-order valence-electron chi connectivity index (χ3n) is 9.19. The minimum atomic E-state index is -3.67. The Morgan fingerprint density at radius 3 is 2.09 bits per heavy atom. The Balaban J connectivity index is 1.32. The summed E-state index contributed by atoms with van der Waals surface area (Å²) in [6.07, 6.45) is 4.66. The van der Waals surface area contributed by atoms with Crippen molar-refractivity contribution in [3.8, 4) is 11.6 Å². The fourth-order valence-corrected chi connectivity index (χ4v) is 8.08. The number of methoxy groups -OCH3 is 1. The number of nitrogens with zero attached hydrogens (tertiary/aromatic N) is 4. The number of ether oxygens (including phenoxy) is 1. The zero-order valence-electron chi connectivity index (χ0n) is 26.6. The number of benzene rings is 3. The smallest absolute Gasteiger partial charge is 0.213 e. The molecule has 0 spiro atoms. The zero-order valence-corrected chi connectivity index (χ0v) is 27.4. The number of aromatic nitrogens is 2. The second-order valence-electron chi connectivity index (χ2n) is 12.6. The zero-order chi connectivity index (χ0) is 32.5. The summed E-state index contributed by atoms with van der Waals surface area (Å²) >= 11 is 0. The molecule has 10 nitrogen and oxygen atoms in total. The van der Waals surface area contributed by atoms with Crippen molar-refractivity contribution >= 4 is 48.8 Å². The lowest BCUT2D eigenvalue weighted by Gasteiger charge is -2.22. The van der Waals surface area contributed by atoms with E-state index in [4.69, 9.17) is 20.4 Å². The maximum absolute atomic E-state index is 13.5. The second kappa shape index (κ2) is 13.0. The molecule has 4 N–H and O–H groups in total. The molecule has 0 amide bonds. The van der Waals surface area contributed by atoms with E-state index in [1.54, 1.807) is 55.6 Å². The summed E-state index contributed by atoms with van der Waals surface area (Å²) in [5.41, 5.74) is 12.1. The van der Waals surface area contributed by atoms with Gasteiger partial charge in [-0.1, -0.05) is 12.1 Å². The number of nitrogens with one attached hydrogen (secondary N) is 1. The topological polar surface area (TPSA) is 134 Å². The molecular weight excluding hydrogens is 613 g/mol. The Hall–Kier alpha value is -4.45. The largest absolute Gasteiger partial charge is 0.507 e. The number of phenols is 1. The van der Waals surface area contributed by atoms with Crippen molar-refractivity contribution in [2.45, 2.75) is 49.4 Å². The number of anilines is 3. The van der Waals surface area contributed by atoms with E-state index < -0.39 is 9.84 Å². The summed E-state index contributed by atoms with van der Waals surface area (Å²) in [5.74, 6) is 0.651. The van der Waals surface area contributed by atoms with Gasteiger partial charge in [-0.2, -0.15) is 0 Å². The van der Waals surface area contributed by atoms with Crippen LogP contribution in [-0.2, 0) is 28.7 Å². The van der Waals surface area contributed by atoms with Crippen LogP contribution in [0, 0.1) is 0 Å². The Morgan fingerprint density at radius 2 is 1.47 bits per heavy atom. The van der Waals surface area contributed by atoms with Crippen LogP contribution in [-0.4, -0.2) is 66.6 Å².